The molecule has 0 amide bonds. The Bertz CT molecular complexity index is 99.5. The molecule has 2 rings (SSSR count). The van der Waals surface area contributed by atoms with E-state index in [1.54, 1.807) is 0 Å². The minimum absolute atomic E-state index is 0.948. The number of nitrogens with zero attached hydrogens (tertiary/aromatic N) is 1. The fourth-order valence-electron chi connectivity index (χ4n) is 2.05. The van der Waals surface area contributed by atoms with E-state index in [1.807, 2.05) is 0 Å². The number of rotatable bonds is 0. The van der Waals surface area contributed by atoms with Gasteiger partial charge in [-0.15, -0.1) is 0 Å². The summed E-state index contributed by atoms with van der Waals surface area (Å²) in [5.74, 6) is 0. The molecule has 0 aromatic rings. The second-order valence-electron chi connectivity index (χ2n) is 3.16. The zero-order valence-corrected chi connectivity index (χ0v) is 7.67. The molecule has 2 fully saturated rings. The average molecular weight is 237 g/mol. The second-order valence-corrected chi connectivity index (χ2v) is 4.27. The van der Waals surface area contributed by atoms with Gasteiger partial charge < -0.3 is 0 Å². The van der Waals surface area contributed by atoms with Crippen molar-refractivity contribution in [1.82, 2.24) is 3.11 Å². The van der Waals surface area contributed by atoms with E-state index in [0.29, 0.717) is 0 Å². The predicted octanol–water partition coefficient (Wildman–Crippen LogP) is 2.35. The lowest BCUT2D eigenvalue weighted by molar-refractivity contribution is 0.295. The van der Waals surface area contributed by atoms with Crippen molar-refractivity contribution < 1.29 is 0 Å². The molecular formula is C7H12IN. The maximum absolute atomic E-state index is 2.56. The van der Waals surface area contributed by atoms with Crippen LogP contribution in [0.2, 0.25) is 0 Å². The Morgan fingerprint density at radius 2 is 1.56 bits per heavy atom. The highest BCUT2D eigenvalue weighted by Crippen LogP contribution is 2.37. The molecule has 0 aromatic carbocycles. The first-order chi connectivity index (χ1) is 4.38. The summed E-state index contributed by atoms with van der Waals surface area (Å²) in [6.45, 7) is 0. The van der Waals surface area contributed by atoms with E-state index in [4.69, 9.17) is 0 Å². The molecule has 0 aromatic heterocycles. The number of hydrogen-bond acceptors (Lipinski definition) is 1. The SMILES string of the molecule is IN1C2CCC[C@@H]1CC2. The van der Waals surface area contributed by atoms with Crippen LogP contribution in [-0.2, 0) is 0 Å². The summed E-state index contributed by atoms with van der Waals surface area (Å²) in [7, 11) is 0. The lowest BCUT2D eigenvalue weighted by Gasteiger charge is -2.28. The van der Waals surface area contributed by atoms with Crippen molar-refractivity contribution in [2.75, 3.05) is 0 Å². The summed E-state index contributed by atoms with van der Waals surface area (Å²) >= 11 is 2.50. The Labute approximate surface area is 70.3 Å². The fourth-order valence-corrected chi connectivity index (χ4v) is 3.17. The van der Waals surface area contributed by atoms with Gasteiger partial charge in [-0.25, -0.2) is 3.11 Å². The minimum atomic E-state index is 0.948. The van der Waals surface area contributed by atoms with Crippen molar-refractivity contribution in [3.05, 3.63) is 0 Å². The van der Waals surface area contributed by atoms with Gasteiger partial charge in [-0.1, -0.05) is 6.42 Å². The molecule has 0 radical (unpaired) electrons. The Hall–Kier alpha value is 0.690. The molecule has 0 aliphatic carbocycles. The van der Waals surface area contributed by atoms with Crippen LogP contribution in [0.15, 0.2) is 0 Å². The van der Waals surface area contributed by atoms with Crippen molar-refractivity contribution in [3.63, 3.8) is 0 Å². The van der Waals surface area contributed by atoms with E-state index in [0.717, 1.165) is 12.1 Å². The highest BCUT2D eigenvalue weighted by Gasteiger charge is 2.34. The highest BCUT2D eigenvalue weighted by molar-refractivity contribution is 14.1. The zero-order valence-electron chi connectivity index (χ0n) is 5.52. The first-order valence-corrected chi connectivity index (χ1v) is 4.78. The van der Waals surface area contributed by atoms with E-state index in [1.165, 1.54) is 32.1 Å². The van der Waals surface area contributed by atoms with E-state index < -0.39 is 0 Å². The van der Waals surface area contributed by atoms with Crippen molar-refractivity contribution >= 4 is 22.9 Å². The largest absolute Gasteiger partial charge is 0.241 e. The molecule has 2 atom stereocenters. The molecule has 1 nitrogen and oxygen atoms in total. The van der Waals surface area contributed by atoms with Gasteiger partial charge in [0.1, 0.15) is 0 Å². The first kappa shape index (κ1) is 6.40. The van der Waals surface area contributed by atoms with Crippen molar-refractivity contribution in [3.8, 4) is 0 Å². The van der Waals surface area contributed by atoms with Crippen LogP contribution in [0.4, 0.5) is 0 Å². The van der Waals surface area contributed by atoms with Crippen molar-refractivity contribution in [1.29, 1.82) is 0 Å². The van der Waals surface area contributed by atoms with Crippen LogP contribution in [0.3, 0.4) is 0 Å². The summed E-state index contributed by atoms with van der Waals surface area (Å²) in [4.78, 5) is 0. The maximum Gasteiger partial charge on any atom is 0.0207 e. The molecule has 0 saturated carbocycles. The van der Waals surface area contributed by atoms with E-state index in [2.05, 4.69) is 26.0 Å². The van der Waals surface area contributed by atoms with Crippen LogP contribution in [0.1, 0.15) is 32.1 Å². The summed E-state index contributed by atoms with van der Waals surface area (Å²) in [6, 6.07) is 1.90. The normalized spacial score (nSPS) is 43.7. The number of piperidine rings is 1. The Morgan fingerprint density at radius 3 is 2.00 bits per heavy atom. The molecule has 52 valence electrons. The lowest BCUT2D eigenvalue weighted by atomic mass is 10.1. The molecule has 0 spiro atoms. The monoisotopic (exact) mass is 237 g/mol. The van der Waals surface area contributed by atoms with E-state index in [9.17, 15) is 0 Å². The summed E-state index contributed by atoms with van der Waals surface area (Å²) in [5, 5.41) is 0. The van der Waals surface area contributed by atoms with Crippen LogP contribution < -0.4 is 0 Å². The van der Waals surface area contributed by atoms with Crippen molar-refractivity contribution in [2.45, 2.75) is 44.2 Å². The topological polar surface area (TPSA) is 3.24 Å². The van der Waals surface area contributed by atoms with E-state index >= 15 is 0 Å². The van der Waals surface area contributed by atoms with Crippen LogP contribution in [0.5, 0.6) is 0 Å². The van der Waals surface area contributed by atoms with Gasteiger partial charge >= 0.3 is 0 Å². The number of hydrogen-bond donors (Lipinski definition) is 0. The molecule has 2 heterocycles. The summed E-state index contributed by atoms with van der Waals surface area (Å²) < 4.78 is 2.56. The second kappa shape index (κ2) is 2.38. The Kier molecular flexibility index (Phi) is 1.69. The van der Waals surface area contributed by atoms with Gasteiger partial charge in [-0.2, -0.15) is 0 Å². The van der Waals surface area contributed by atoms with Gasteiger partial charge in [-0.05, 0) is 25.7 Å². The maximum atomic E-state index is 2.56. The summed E-state index contributed by atoms with van der Waals surface area (Å²) in [6.07, 6.45) is 7.33. The van der Waals surface area contributed by atoms with Gasteiger partial charge in [0, 0.05) is 34.9 Å². The Balaban J connectivity index is 2.10. The molecular weight excluding hydrogens is 225 g/mol. The van der Waals surface area contributed by atoms with Gasteiger partial charge in [-0.3, -0.25) is 0 Å². The van der Waals surface area contributed by atoms with Crippen LogP contribution in [0.25, 0.3) is 0 Å². The van der Waals surface area contributed by atoms with Crippen molar-refractivity contribution in [2.24, 2.45) is 0 Å². The summed E-state index contributed by atoms with van der Waals surface area (Å²) in [5.41, 5.74) is 0. The quantitative estimate of drug-likeness (QED) is 0.461. The van der Waals surface area contributed by atoms with Gasteiger partial charge in [0.2, 0.25) is 0 Å². The Morgan fingerprint density at radius 1 is 1.00 bits per heavy atom. The zero-order chi connectivity index (χ0) is 6.27. The number of fused-ring (bicyclic) bond motifs is 2. The van der Waals surface area contributed by atoms with E-state index in [-0.39, 0.29) is 0 Å². The molecule has 0 N–H and O–H groups in total. The van der Waals surface area contributed by atoms with Crippen LogP contribution >= 0.6 is 22.9 Å². The third-order valence-electron chi connectivity index (χ3n) is 2.61. The smallest absolute Gasteiger partial charge is 0.0207 e. The first-order valence-electron chi connectivity index (χ1n) is 3.82. The van der Waals surface area contributed by atoms with Gasteiger partial charge in [0.15, 0.2) is 0 Å². The molecule has 2 aliphatic rings. The molecule has 2 saturated heterocycles. The predicted molar refractivity (Wildman–Crippen MR) is 46.5 cm³/mol. The third kappa shape index (κ3) is 1.00. The van der Waals surface area contributed by atoms with Gasteiger partial charge in [0.05, 0.1) is 0 Å². The molecule has 2 aliphatic heterocycles. The molecule has 2 bridgehead atoms. The fraction of sp³-hybridized carbons (Fsp3) is 1.00. The molecule has 2 heteroatoms. The minimum Gasteiger partial charge on any atom is -0.241 e. The average Bonchev–Trinajstić information content (AvgIpc) is 2.19. The highest BCUT2D eigenvalue weighted by atomic mass is 127. The van der Waals surface area contributed by atoms with Crippen LogP contribution in [0, 0.1) is 0 Å². The van der Waals surface area contributed by atoms with Crippen LogP contribution in [-0.4, -0.2) is 15.2 Å². The van der Waals surface area contributed by atoms with Gasteiger partial charge in [0.25, 0.3) is 0 Å². The number of halogens is 1. The lowest BCUT2D eigenvalue weighted by Crippen LogP contribution is -2.30. The third-order valence-corrected chi connectivity index (χ3v) is 4.18. The molecule has 1 unspecified atom stereocenters. The standard InChI is InChI=1S/C7H12IN/c8-9-6-2-1-3-7(9)5-4-6/h6-7H,1-5H2/t6-,7?/m1/s1. The molecule has 9 heavy (non-hydrogen) atoms.